The Bertz CT molecular complexity index is 844. The van der Waals surface area contributed by atoms with E-state index in [4.69, 9.17) is 11.6 Å². The number of rotatable bonds is 5. The zero-order valence-corrected chi connectivity index (χ0v) is 13.6. The molecule has 3 nitrogen and oxygen atoms in total. The molecule has 0 unspecified atom stereocenters. The van der Waals surface area contributed by atoms with Gasteiger partial charge in [0.05, 0.1) is 11.3 Å². The van der Waals surface area contributed by atoms with Gasteiger partial charge in [-0.1, -0.05) is 48.0 Å². The van der Waals surface area contributed by atoms with Crippen molar-refractivity contribution >= 4 is 28.6 Å². The van der Waals surface area contributed by atoms with Crippen molar-refractivity contribution in [3.8, 4) is 0 Å². The van der Waals surface area contributed by atoms with Gasteiger partial charge in [0, 0.05) is 28.7 Å². The second kappa shape index (κ2) is 7.57. The van der Waals surface area contributed by atoms with Crippen molar-refractivity contribution in [1.82, 2.24) is 4.98 Å². The van der Waals surface area contributed by atoms with Gasteiger partial charge in [0.2, 0.25) is 0 Å². The number of nitrogens with one attached hydrogen (secondary N) is 1. The number of aromatic nitrogens is 1. The molecule has 1 N–H and O–H groups in total. The predicted molar refractivity (Wildman–Crippen MR) is 98.1 cm³/mol. The third kappa shape index (κ3) is 3.89. The van der Waals surface area contributed by atoms with Gasteiger partial charge in [0.1, 0.15) is 0 Å². The second-order valence-corrected chi connectivity index (χ2v) is 5.56. The van der Waals surface area contributed by atoms with Crippen LogP contribution in [-0.2, 0) is 0 Å². The first-order chi connectivity index (χ1) is 11.7. The van der Waals surface area contributed by atoms with E-state index in [1.165, 1.54) is 0 Å². The monoisotopic (exact) mass is 334 g/mol. The summed E-state index contributed by atoms with van der Waals surface area (Å²) < 4.78 is 0. The molecule has 1 heterocycles. The summed E-state index contributed by atoms with van der Waals surface area (Å²) in [6.45, 7) is 0. The molecular weight excluding hydrogens is 320 g/mol. The van der Waals surface area contributed by atoms with E-state index in [0.717, 1.165) is 5.69 Å². The average Bonchev–Trinajstić information content (AvgIpc) is 2.65. The lowest BCUT2D eigenvalue weighted by atomic mass is 10.0. The van der Waals surface area contributed by atoms with Crippen LogP contribution in [0.25, 0.3) is 5.57 Å². The SMILES string of the molecule is O=C(/C(=C/Nc1ccc(Cl)cc1)c1ccccn1)c1ccccc1. The summed E-state index contributed by atoms with van der Waals surface area (Å²) in [5, 5.41) is 3.80. The van der Waals surface area contributed by atoms with Crippen LogP contribution in [0.1, 0.15) is 16.1 Å². The second-order valence-electron chi connectivity index (χ2n) is 5.12. The molecule has 0 aliphatic carbocycles. The van der Waals surface area contributed by atoms with E-state index in [1.807, 2.05) is 48.5 Å². The number of carbonyl (C=O) groups excluding carboxylic acids is 1. The summed E-state index contributed by atoms with van der Waals surface area (Å²) in [4.78, 5) is 17.2. The Morgan fingerprint density at radius 3 is 2.29 bits per heavy atom. The highest BCUT2D eigenvalue weighted by atomic mass is 35.5. The molecule has 0 aliphatic rings. The van der Waals surface area contributed by atoms with Crippen molar-refractivity contribution < 1.29 is 4.79 Å². The Kier molecular flexibility index (Phi) is 5.04. The first-order valence-corrected chi connectivity index (χ1v) is 7.85. The van der Waals surface area contributed by atoms with E-state index in [0.29, 0.717) is 21.9 Å². The zero-order chi connectivity index (χ0) is 16.8. The summed E-state index contributed by atoms with van der Waals surface area (Å²) >= 11 is 5.89. The molecule has 3 rings (SSSR count). The van der Waals surface area contributed by atoms with Crippen LogP contribution in [0.2, 0.25) is 5.02 Å². The lowest BCUT2D eigenvalue weighted by Gasteiger charge is -2.08. The maximum atomic E-state index is 12.9. The molecule has 3 aromatic rings. The number of hydrogen-bond donors (Lipinski definition) is 1. The third-order valence-electron chi connectivity index (χ3n) is 3.45. The van der Waals surface area contributed by atoms with Crippen molar-refractivity contribution in [3.05, 3.63) is 101 Å². The van der Waals surface area contributed by atoms with Crippen molar-refractivity contribution in [2.45, 2.75) is 0 Å². The number of halogens is 1. The Morgan fingerprint density at radius 1 is 0.917 bits per heavy atom. The number of ketones is 1. The highest BCUT2D eigenvalue weighted by Crippen LogP contribution is 2.19. The molecule has 0 bridgehead atoms. The molecule has 0 radical (unpaired) electrons. The Balaban J connectivity index is 1.94. The Hall–Kier alpha value is -2.91. The molecule has 0 saturated heterocycles. The van der Waals surface area contributed by atoms with Crippen molar-refractivity contribution in [2.24, 2.45) is 0 Å². The number of benzene rings is 2. The maximum absolute atomic E-state index is 12.9. The number of pyridine rings is 1. The van der Waals surface area contributed by atoms with Gasteiger partial charge in [-0.3, -0.25) is 9.78 Å². The molecule has 0 spiro atoms. The number of Topliss-reactive ketones (excluding diaryl/α,β-unsaturated/α-hetero) is 1. The zero-order valence-electron chi connectivity index (χ0n) is 12.8. The van der Waals surface area contributed by atoms with Gasteiger partial charge < -0.3 is 5.32 Å². The molecule has 2 aromatic carbocycles. The first-order valence-electron chi connectivity index (χ1n) is 7.47. The largest absolute Gasteiger partial charge is 0.361 e. The number of carbonyl (C=O) groups is 1. The van der Waals surface area contributed by atoms with Crippen LogP contribution in [0.3, 0.4) is 0 Å². The third-order valence-corrected chi connectivity index (χ3v) is 3.70. The van der Waals surface area contributed by atoms with Gasteiger partial charge in [-0.2, -0.15) is 0 Å². The van der Waals surface area contributed by atoms with Gasteiger partial charge in [0.25, 0.3) is 0 Å². The van der Waals surface area contributed by atoms with Gasteiger partial charge in [-0.15, -0.1) is 0 Å². The molecular formula is C20H15ClN2O. The number of allylic oxidation sites excluding steroid dienone is 1. The van der Waals surface area contributed by atoms with E-state index in [9.17, 15) is 4.79 Å². The van der Waals surface area contributed by atoms with E-state index in [-0.39, 0.29) is 5.78 Å². The van der Waals surface area contributed by atoms with Crippen LogP contribution < -0.4 is 5.32 Å². The fourth-order valence-electron chi connectivity index (χ4n) is 2.22. The molecule has 1 aromatic heterocycles. The molecule has 0 fully saturated rings. The molecule has 0 amide bonds. The standard InChI is InChI=1S/C20H15ClN2O/c21-16-9-11-17(12-10-16)23-14-18(19-8-4-5-13-22-19)20(24)15-6-2-1-3-7-15/h1-14,23H/b18-14+. The Morgan fingerprint density at radius 2 is 1.62 bits per heavy atom. The van der Waals surface area contributed by atoms with E-state index < -0.39 is 0 Å². The predicted octanol–water partition coefficient (Wildman–Crippen LogP) is 5.07. The summed E-state index contributed by atoms with van der Waals surface area (Å²) in [5.41, 5.74) is 2.57. The summed E-state index contributed by atoms with van der Waals surface area (Å²) in [7, 11) is 0. The van der Waals surface area contributed by atoms with Crippen molar-refractivity contribution in [1.29, 1.82) is 0 Å². The van der Waals surface area contributed by atoms with Crippen molar-refractivity contribution in [3.63, 3.8) is 0 Å². The fraction of sp³-hybridized carbons (Fsp3) is 0. The molecule has 0 atom stereocenters. The highest BCUT2D eigenvalue weighted by molar-refractivity contribution is 6.30. The number of nitrogens with zero attached hydrogens (tertiary/aromatic N) is 1. The maximum Gasteiger partial charge on any atom is 0.196 e. The van der Waals surface area contributed by atoms with Gasteiger partial charge >= 0.3 is 0 Å². The Labute approximate surface area is 145 Å². The normalized spacial score (nSPS) is 11.1. The first kappa shape index (κ1) is 16.0. The minimum Gasteiger partial charge on any atom is -0.361 e. The summed E-state index contributed by atoms with van der Waals surface area (Å²) in [5.74, 6) is -0.0873. The van der Waals surface area contributed by atoms with Crippen molar-refractivity contribution in [2.75, 3.05) is 5.32 Å². The van der Waals surface area contributed by atoms with E-state index in [1.54, 1.807) is 36.7 Å². The van der Waals surface area contributed by atoms with E-state index in [2.05, 4.69) is 10.3 Å². The fourth-order valence-corrected chi connectivity index (χ4v) is 2.35. The number of anilines is 1. The van der Waals surface area contributed by atoms with Gasteiger partial charge in [0.15, 0.2) is 5.78 Å². The molecule has 4 heteroatoms. The average molecular weight is 335 g/mol. The topological polar surface area (TPSA) is 42.0 Å². The summed E-state index contributed by atoms with van der Waals surface area (Å²) in [6.07, 6.45) is 3.35. The highest BCUT2D eigenvalue weighted by Gasteiger charge is 2.15. The minimum absolute atomic E-state index is 0.0873. The molecule has 118 valence electrons. The lowest BCUT2D eigenvalue weighted by Crippen LogP contribution is -2.06. The van der Waals surface area contributed by atoms with Crippen LogP contribution in [0.5, 0.6) is 0 Å². The lowest BCUT2D eigenvalue weighted by molar-refractivity contribution is 0.105. The quantitative estimate of drug-likeness (QED) is 0.523. The van der Waals surface area contributed by atoms with Gasteiger partial charge in [-0.25, -0.2) is 0 Å². The smallest absolute Gasteiger partial charge is 0.196 e. The molecule has 0 saturated carbocycles. The van der Waals surface area contributed by atoms with E-state index >= 15 is 0 Å². The van der Waals surface area contributed by atoms with Gasteiger partial charge in [-0.05, 0) is 36.4 Å². The van der Waals surface area contributed by atoms with Crippen LogP contribution in [0.15, 0.2) is 85.2 Å². The number of hydrogen-bond acceptors (Lipinski definition) is 3. The summed E-state index contributed by atoms with van der Waals surface area (Å²) in [6, 6.07) is 21.9. The van der Waals surface area contributed by atoms with Crippen LogP contribution in [0, 0.1) is 0 Å². The van der Waals surface area contributed by atoms with Crippen LogP contribution >= 0.6 is 11.6 Å². The molecule has 0 aliphatic heterocycles. The minimum atomic E-state index is -0.0873. The van der Waals surface area contributed by atoms with Crippen LogP contribution in [-0.4, -0.2) is 10.8 Å². The molecule has 24 heavy (non-hydrogen) atoms. The van der Waals surface area contributed by atoms with Crippen LogP contribution in [0.4, 0.5) is 5.69 Å².